The van der Waals surface area contributed by atoms with Crippen molar-refractivity contribution in [2.24, 2.45) is 0 Å². The number of nitrogens with zero attached hydrogens (tertiary/aromatic N) is 2. The predicted octanol–water partition coefficient (Wildman–Crippen LogP) is 4.22. The fraction of sp³-hybridized carbons (Fsp3) is 0.286. The van der Waals surface area contributed by atoms with E-state index in [-0.39, 0.29) is 16.4 Å². The lowest BCUT2D eigenvalue weighted by molar-refractivity contribution is -0.137. The Bertz CT molecular complexity index is 682. The molecule has 0 saturated carbocycles. The zero-order chi connectivity index (χ0) is 16.3. The van der Waals surface area contributed by atoms with Gasteiger partial charge in [-0.25, -0.2) is 0 Å². The van der Waals surface area contributed by atoms with Crippen molar-refractivity contribution in [3.63, 3.8) is 0 Å². The van der Waals surface area contributed by atoms with Gasteiger partial charge in [0, 0.05) is 12.7 Å². The van der Waals surface area contributed by atoms with Gasteiger partial charge in [0.25, 0.3) is 5.91 Å². The van der Waals surface area contributed by atoms with E-state index >= 15 is 0 Å². The van der Waals surface area contributed by atoms with E-state index < -0.39 is 17.6 Å². The molecule has 118 valence electrons. The van der Waals surface area contributed by atoms with Crippen molar-refractivity contribution in [3.8, 4) is 0 Å². The van der Waals surface area contributed by atoms with Crippen molar-refractivity contribution >= 4 is 23.2 Å². The lowest BCUT2D eigenvalue weighted by Gasteiger charge is -2.11. The number of rotatable bonds is 4. The molecule has 2 rings (SSSR count). The third-order valence-corrected chi connectivity index (χ3v) is 3.20. The number of hydrogen-bond acceptors (Lipinski definition) is 2. The fourth-order valence-corrected chi connectivity index (χ4v) is 1.98. The van der Waals surface area contributed by atoms with Gasteiger partial charge in [0.15, 0.2) is 5.69 Å². The summed E-state index contributed by atoms with van der Waals surface area (Å²) >= 11 is 5.83. The first-order valence-electron chi connectivity index (χ1n) is 6.53. The summed E-state index contributed by atoms with van der Waals surface area (Å²) in [5.74, 6) is -0.615. The van der Waals surface area contributed by atoms with Gasteiger partial charge in [-0.15, -0.1) is 0 Å². The summed E-state index contributed by atoms with van der Waals surface area (Å²) in [6.45, 7) is 2.61. The standard InChI is InChI=1S/C14H13ClF3N3O/c1-2-6-21-7-5-11(20-21)13(22)19-12-8-9(14(16,17)18)3-4-10(12)15/h3-5,7-8H,2,6H2,1H3,(H,19,22). The van der Waals surface area contributed by atoms with Crippen LogP contribution >= 0.6 is 11.6 Å². The van der Waals surface area contributed by atoms with Crippen molar-refractivity contribution in [1.82, 2.24) is 9.78 Å². The first-order chi connectivity index (χ1) is 10.3. The lowest BCUT2D eigenvalue weighted by atomic mass is 10.2. The van der Waals surface area contributed by atoms with Crippen LogP contribution < -0.4 is 5.32 Å². The van der Waals surface area contributed by atoms with Crippen LogP contribution in [0.5, 0.6) is 0 Å². The van der Waals surface area contributed by atoms with E-state index in [9.17, 15) is 18.0 Å². The fourth-order valence-electron chi connectivity index (χ4n) is 1.82. The molecule has 0 saturated heterocycles. The molecule has 1 heterocycles. The number of nitrogens with one attached hydrogen (secondary N) is 1. The van der Waals surface area contributed by atoms with Gasteiger partial charge in [-0.05, 0) is 30.7 Å². The highest BCUT2D eigenvalue weighted by Crippen LogP contribution is 2.33. The van der Waals surface area contributed by atoms with Gasteiger partial charge in [-0.2, -0.15) is 18.3 Å². The van der Waals surface area contributed by atoms with Gasteiger partial charge in [-0.1, -0.05) is 18.5 Å². The number of carbonyl (C=O) groups excluding carboxylic acids is 1. The summed E-state index contributed by atoms with van der Waals surface area (Å²) in [6, 6.07) is 4.24. The molecule has 1 amide bonds. The number of hydrogen-bond donors (Lipinski definition) is 1. The molecule has 4 nitrogen and oxygen atoms in total. The van der Waals surface area contributed by atoms with E-state index in [0.29, 0.717) is 6.54 Å². The normalized spacial score (nSPS) is 11.5. The minimum Gasteiger partial charge on any atom is -0.319 e. The third-order valence-electron chi connectivity index (χ3n) is 2.87. The Hall–Kier alpha value is -2.02. The molecular weight excluding hydrogens is 319 g/mol. The highest BCUT2D eigenvalue weighted by Gasteiger charge is 2.31. The largest absolute Gasteiger partial charge is 0.416 e. The molecule has 0 bridgehead atoms. The maximum atomic E-state index is 12.7. The number of amides is 1. The molecule has 0 unspecified atom stereocenters. The van der Waals surface area contributed by atoms with E-state index in [1.807, 2.05) is 6.92 Å². The van der Waals surface area contributed by atoms with E-state index in [1.165, 1.54) is 6.07 Å². The molecular formula is C14H13ClF3N3O. The monoisotopic (exact) mass is 331 g/mol. The molecule has 2 aromatic rings. The number of aryl methyl sites for hydroxylation is 1. The molecule has 0 spiro atoms. The van der Waals surface area contributed by atoms with Crippen molar-refractivity contribution in [2.75, 3.05) is 5.32 Å². The van der Waals surface area contributed by atoms with Crippen molar-refractivity contribution in [2.45, 2.75) is 26.1 Å². The third kappa shape index (κ3) is 3.79. The van der Waals surface area contributed by atoms with Crippen LogP contribution in [0.3, 0.4) is 0 Å². The zero-order valence-electron chi connectivity index (χ0n) is 11.6. The van der Waals surface area contributed by atoms with Gasteiger partial charge < -0.3 is 5.32 Å². The van der Waals surface area contributed by atoms with Crippen molar-refractivity contribution in [1.29, 1.82) is 0 Å². The average molecular weight is 332 g/mol. The summed E-state index contributed by atoms with van der Waals surface area (Å²) in [7, 11) is 0. The molecule has 0 aliphatic heterocycles. The van der Waals surface area contributed by atoms with E-state index in [4.69, 9.17) is 11.6 Å². The molecule has 0 aliphatic carbocycles. The van der Waals surface area contributed by atoms with Crippen molar-refractivity contribution in [3.05, 3.63) is 46.7 Å². The van der Waals surface area contributed by atoms with Crippen molar-refractivity contribution < 1.29 is 18.0 Å². The molecule has 8 heteroatoms. The second-order valence-electron chi connectivity index (χ2n) is 4.61. The summed E-state index contributed by atoms with van der Waals surface area (Å²) < 4.78 is 39.6. The zero-order valence-corrected chi connectivity index (χ0v) is 12.4. The van der Waals surface area contributed by atoms with Crippen LogP contribution in [0.15, 0.2) is 30.5 Å². The van der Waals surface area contributed by atoms with Crippen LogP contribution in [0.25, 0.3) is 0 Å². The van der Waals surface area contributed by atoms with Crippen LogP contribution in [-0.2, 0) is 12.7 Å². The second kappa shape index (κ2) is 6.39. The number of aromatic nitrogens is 2. The SMILES string of the molecule is CCCn1ccc(C(=O)Nc2cc(C(F)(F)F)ccc2Cl)n1. The summed E-state index contributed by atoms with van der Waals surface area (Å²) in [4.78, 5) is 12.0. The summed E-state index contributed by atoms with van der Waals surface area (Å²) in [5, 5.41) is 6.41. The van der Waals surface area contributed by atoms with Crippen LogP contribution in [0.1, 0.15) is 29.4 Å². The average Bonchev–Trinajstić information content (AvgIpc) is 2.89. The maximum absolute atomic E-state index is 12.7. The molecule has 22 heavy (non-hydrogen) atoms. The molecule has 1 aromatic carbocycles. The number of benzene rings is 1. The van der Waals surface area contributed by atoms with Crippen LogP contribution in [0.4, 0.5) is 18.9 Å². The molecule has 0 aliphatic rings. The molecule has 1 aromatic heterocycles. The Balaban J connectivity index is 2.20. The maximum Gasteiger partial charge on any atom is 0.416 e. The Morgan fingerprint density at radius 3 is 2.73 bits per heavy atom. The quantitative estimate of drug-likeness (QED) is 0.912. The Morgan fingerprint density at radius 1 is 1.36 bits per heavy atom. The summed E-state index contributed by atoms with van der Waals surface area (Å²) in [5.41, 5.74) is -0.878. The number of anilines is 1. The van der Waals surface area contributed by atoms with Gasteiger partial charge >= 0.3 is 6.18 Å². The van der Waals surface area contributed by atoms with Gasteiger partial charge in [0.2, 0.25) is 0 Å². The van der Waals surface area contributed by atoms with E-state index in [0.717, 1.165) is 24.6 Å². The minimum atomic E-state index is -4.51. The lowest BCUT2D eigenvalue weighted by Crippen LogP contribution is -2.15. The van der Waals surface area contributed by atoms with E-state index in [1.54, 1.807) is 10.9 Å². The Kier molecular flexibility index (Phi) is 4.75. The van der Waals surface area contributed by atoms with Gasteiger partial charge in [0.05, 0.1) is 16.3 Å². The van der Waals surface area contributed by atoms with Gasteiger partial charge in [0.1, 0.15) is 0 Å². The Labute approximate surface area is 129 Å². The first-order valence-corrected chi connectivity index (χ1v) is 6.90. The molecule has 1 N–H and O–H groups in total. The number of alkyl halides is 3. The van der Waals surface area contributed by atoms with Crippen LogP contribution in [0.2, 0.25) is 5.02 Å². The predicted molar refractivity (Wildman–Crippen MR) is 76.9 cm³/mol. The van der Waals surface area contributed by atoms with Gasteiger partial charge in [-0.3, -0.25) is 9.48 Å². The topological polar surface area (TPSA) is 46.9 Å². The highest BCUT2D eigenvalue weighted by atomic mass is 35.5. The van der Waals surface area contributed by atoms with Crippen LogP contribution in [-0.4, -0.2) is 15.7 Å². The number of halogens is 4. The Morgan fingerprint density at radius 2 is 2.09 bits per heavy atom. The smallest absolute Gasteiger partial charge is 0.319 e. The second-order valence-corrected chi connectivity index (χ2v) is 5.02. The van der Waals surface area contributed by atoms with Crippen LogP contribution in [0, 0.1) is 0 Å². The highest BCUT2D eigenvalue weighted by molar-refractivity contribution is 6.33. The first kappa shape index (κ1) is 16.4. The molecule has 0 atom stereocenters. The molecule has 0 fully saturated rings. The molecule has 0 radical (unpaired) electrons. The summed E-state index contributed by atoms with van der Waals surface area (Å²) in [6.07, 6.45) is -2.03. The van der Waals surface area contributed by atoms with E-state index in [2.05, 4.69) is 10.4 Å². The minimum absolute atomic E-state index is 0.0225. The number of carbonyl (C=O) groups is 1.